The summed E-state index contributed by atoms with van der Waals surface area (Å²) in [6, 6.07) is 13.6. The predicted molar refractivity (Wildman–Crippen MR) is 145 cm³/mol. The zero-order valence-corrected chi connectivity index (χ0v) is 21.7. The summed E-state index contributed by atoms with van der Waals surface area (Å²) in [5, 5.41) is 0. The number of aromatic nitrogens is 1. The fourth-order valence-electron chi connectivity index (χ4n) is 5.56. The van der Waals surface area contributed by atoms with Crippen LogP contribution >= 0.6 is 0 Å². The van der Waals surface area contributed by atoms with Crippen LogP contribution in [0.4, 0.5) is 0 Å². The van der Waals surface area contributed by atoms with Gasteiger partial charge in [-0.25, -0.2) is 0 Å². The number of unbranched alkanes of at least 4 members (excludes halogenated alkanes) is 7. The molecule has 1 aliphatic rings. The monoisotopic (exact) mass is 447 g/mol. The molecule has 1 heterocycles. The van der Waals surface area contributed by atoms with Gasteiger partial charge in [-0.2, -0.15) is 0 Å². The van der Waals surface area contributed by atoms with Gasteiger partial charge in [-0.15, -0.1) is 0 Å². The second kappa shape index (κ2) is 15.3. The standard InChI is InChI=1S/C32H49N/c1-3-5-7-8-9-11-13-27-14-16-29(17-15-27)18-19-30-22-25-32(33-26-30)31-23-20-28(21-24-31)12-10-6-4-2/h20-27,29H,3-19H2,1-2H3. The van der Waals surface area contributed by atoms with E-state index >= 15 is 0 Å². The van der Waals surface area contributed by atoms with Crippen molar-refractivity contribution >= 4 is 0 Å². The predicted octanol–water partition coefficient (Wildman–Crippen LogP) is 9.97. The summed E-state index contributed by atoms with van der Waals surface area (Å²) in [4.78, 5) is 4.79. The first kappa shape index (κ1) is 26.0. The van der Waals surface area contributed by atoms with Gasteiger partial charge in [-0.1, -0.05) is 128 Å². The Morgan fingerprint density at radius 1 is 0.606 bits per heavy atom. The van der Waals surface area contributed by atoms with Gasteiger partial charge in [0.25, 0.3) is 0 Å². The van der Waals surface area contributed by atoms with Crippen molar-refractivity contribution < 1.29 is 0 Å². The fourth-order valence-corrected chi connectivity index (χ4v) is 5.56. The van der Waals surface area contributed by atoms with Crippen LogP contribution in [0.15, 0.2) is 42.6 Å². The van der Waals surface area contributed by atoms with Crippen molar-refractivity contribution in [2.45, 2.75) is 123 Å². The largest absolute Gasteiger partial charge is 0.256 e. The van der Waals surface area contributed by atoms with E-state index < -0.39 is 0 Å². The van der Waals surface area contributed by atoms with Crippen LogP contribution in [0, 0.1) is 11.8 Å². The topological polar surface area (TPSA) is 12.9 Å². The van der Waals surface area contributed by atoms with Crippen molar-refractivity contribution in [1.29, 1.82) is 0 Å². The quantitative estimate of drug-likeness (QED) is 0.247. The number of benzene rings is 1. The van der Waals surface area contributed by atoms with E-state index in [1.54, 1.807) is 0 Å². The summed E-state index contributed by atoms with van der Waals surface area (Å²) in [5.41, 5.74) is 5.20. The first-order chi connectivity index (χ1) is 16.3. The van der Waals surface area contributed by atoms with Gasteiger partial charge in [0.05, 0.1) is 5.69 Å². The average molecular weight is 448 g/mol. The molecule has 0 radical (unpaired) electrons. The number of rotatable bonds is 15. The summed E-state index contributed by atoms with van der Waals surface area (Å²) in [6.45, 7) is 4.57. The van der Waals surface area contributed by atoms with E-state index in [0.717, 1.165) is 17.5 Å². The van der Waals surface area contributed by atoms with Crippen molar-refractivity contribution in [3.05, 3.63) is 53.7 Å². The van der Waals surface area contributed by atoms with Gasteiger partial charge >= 0.3 is 0 Å². The Morgan fingerprint density at radius 3 is 1.88 bits per heavy atom. The van der Waals surface area contributed by atoms with Crippen molar-refractivity contribution in [2.24, 2.45) is 11.8 Å². The number of hydrogen-bond acceptors (Lipinski definition) is 1. The molecule has 33 heavy (non-hydrogen) atoms. The molecule has 0 amide bonds. The highest BCUT2D eigenvalue weighted by Crippen LogP contribution is 2.34. The van der Waals surface area contributed by atoms with Gasteiger partial charge in [0, 0.05) is 11.8 Å². The maximum absolute atomic E-state index is 4.79. The molecule has 2 aromatic rings. The fraction of sp³-hybridized carbons (Fsp3) is 0.656. The third-order valence-electron chi connectivity index (χ3n) is 7.92. The minimum absolute atomic E-state index is 0.936. The van der Waals surface area contributed by atoms with Gasteiger partial charge in [-0.05, 0) is 54.7 Å². The summed E-state index contributed by atoms with van der Waals surface area (Å²) in [7, 11) is 0. The summed E-state index contributed by atoms with van der Waals surface area (Å²) in [6.07, 6.45) is 25.7. The van der Waals surface area contributed by atoms with Crippen LogP contribution in [0.1, 0.15) is 121 Å². The highest BCUT2D eigenvalue weighted by molar-refractivity contribution is 5.59. The third-order valence-corrected chi connectivity index (χ3v) is 7.92. The minimum Gasteiger partial charge on any atom is -0.256 e. The van der Waals surface area contributed by atoms with Crippen LogP contribution < -0.4 is 0 Å². The molecular formula is C32H49N. The molecule has 1 aliphatic carbocycles. The normalized spacial score (nSPS) is 18.5. The van der Waals surface area contributed by atoms with Gasteiger partial charge in [0.1, 0.15) is 0 Å². The molecular weight excluding hydrogens is 398 g/mol. The Balaban J connectivity index is 1.33. The van der Waals surface area contributed by atoms with E-state index in [0.29, 0.717) is 0 Å². The lowest BCUT2D eigenvalue weighted by Gasteiger charge is -2.28. The molecule has 0 spiro atoms. The van der Waals surface area contributed by atoms with Crippen molar-refractivity contribution in [1.82, 2.24) is 4.98 Å². The third kappa shape index (κ3) is 9.63. The van der Waals surface area contributed by atoms with Crippen LogP contribution in [0.5, 0.6) is 0 Å². The Kier molecular flexibility index (Phi) is 12.1. The average Bonchev–Trinajstić information content (AvgIpc) is 2.86. The number of nitrogens with zero attached hydrogens (tertiary/aromatic N) is 1. The Bertz CT molecular complexity index is 737. The maximum atomic E-state index is 4.79. The van der Waals surface area contributed by atoms with E-state index in [1.807, 2.05) is 0 Å². The molecule has 0 N–H and O–H groups in total. The second-order valence-corrected chi connectivity index (χ2v) is 10.7. The number of hydrogen-bond donors (Lipinski definition) is 0. The molecule has 0 aliphatic heterocycles. The molecule has 0 bridgehead atoms. The molecule has 0 unspecified atom stereocenters. The van der Waals surface area contributed by atoms with Gasteiger partial charge in [-0.3, -0.25) is 4.98 Å². The Labute approximate surface area is 204 Å². The number of aryl methyl sites for hydroxylation is 2. The Morgan fingerprint density at radius 2 is 1.21 bits per heavy atom. The van der Waals surface area contributed by atoms with Crippen molar-refractivity contribution in [3.63, 3.8) is 0 Å². The van der Waals surface area contributed by atoms with Crippen LogP contribution in [0.2, 0.25) is 0 Å². The van der Waals surface area contributed by atoms with E-state index in [9.17, 15) is 0 Å². The van der Waals surface area contributed by atoms with Gasteiger partial charge in [0.2, 0.25) is 0 Å². The molecule has 1 fully saturated rings. The zero-order chi connectivity index (χ0) is 23.1. The summed E-state index contributed by atoms with van der Waals surface area (Å²) >= 11 is 0. The van der Waals surface area contributed by atoms with Gasteiger partial charge < -0.3 is 0 Å². The van der Waals surface area contributed by atoms with Crippen molar-refractivity contribution in [3.8, 4) is 11.3 Å². The van der Waals surface area contributed by atoms with Crippen molar-refractivity contribution in [2.75, 3.05) is 0 Å². The maximum Gasteiger partial charge on any atom is 0.0702 e. The molecule has 0 saturated heterocycles. The second-order valence-electron chi connectivity index (χ2n) is 10.7. The Hall–Kier alpha value is -1.63. The molecule has 182 valence electrons. The molecule has 3 rings (SSSR count). The highest BCUT2D eigenvalue weighted by Gasteiger charge is 2.20. The van der Waals surface area contributed by atoms with E-state index in [2.05, 4.69) is 56.4 Å². The first-order valence-electron chi connectivity index (χ1n) is 14.3. The lowest BCUT2D eigenvalue weighted by atomic mass is 9.78. The van der Waals surface area contributed by atoms with Crippen LogP contribution in [0.25, 0.3) is 11.3 Å². The minimum atomic E-state index is 0.936. The zero-order valence-electron chi connectivity index (χ0n) is 21.7. The lowest BCUT2D eigenvalue weighted by molar-refractivity contribution is 0.248. The highest BCUT2D eigenvalue weighted by atomic mass is 14.7. The molecule has 0 atom stereocenters. The molecule has 1 nitrogen and oxygen atoms in total. The molecule has 1 heteroatoms. The lowest BCUT2D eigenvalue weighted by Crippen LogP contribution is -2.15. The van der Waals surface area contributed by atoms with Crippen LogP contribution in [-0.2, 0) is 12.8 Å². The van der Waals surface area contributed by atoms with Crippen LogP contribution in [0.3, 0.4) is 0 Å². The van der Waals surface area contributed by atoms with E-state index in [1.165, 1.54) is 126 Å². The van der Waals surface area contributed by atoms with Gasteiger partial charge in [0.15, 0.2) is 0 Å². The van der Waals surface area contributed by atoms with E-state index in [4.69, 9.17) is 4.98 Å². The van der Waals surface area contributed by atoms with E-state index in [-0.39, 0.29) is 0 Å². The molecule has 1 saturated carbocycles. The molecule has 1 aromatic carbocycles. The van der Waals surface area contributed by atoms with Crippen LogP contribution in [-0.4, -0.2) is 4.98 Å². The summed E-state index contributed by atoms with van der Waals surface area (Å²) < 4.78 is 0. The summed E-state index contributed by atoms with van der Waals surface area (Å²) in [5.74, 6) is 1.96. The molecule has 1 aromatic heterocycles. The number of pyridine rings is 1. The first-order valence-corrected chi connectivity index (χ1v) is 14.3. The smallest absolute Gasteiger partial charge is 0.0702 e. The SMILES string of the molecule is CCCCCCCCC1CCC(CCc2ccc(-c3ccc(CCCCC)cc3)nc2)CC1.